The van der Waals surface area contributed by atoms with Crippen molar-refractivity contribution in [2.45, 2.75) is 22.6 Å². The average Bonchev–Trinajstić information content (AvgIpc) is 2.23. The Kier molecular flexibility index (Phi) is 4.52. The van der Waals surface area contributed by atoms with E-state index >= 15 is 0 Å². The number of hydrogen-bond donors (Lipinski definition) is 1. The number of benzene rings is 1. The lowest BCUT2D eigenvalue weighted by Crippen LogP contribution is -2.08. The number of aliphatic hydroxyl groups is 1. The van der Waals surface area contributed by atoms with Crippen molar-refractivity contribution < 1.29 is 21.9 Å². The minimum Gasteiger partial charge on any atom is -0.396 e. The molecule has 0 amide bonds. The number of sulfone groups is 2. The molecule has 0 aliphatic carbocycles. The molecule has 5 nitrogen and oxygen atoms in total. The predicted molar refractivity (Wildman–Crippen MR) is 68.1 cm³/mol. The number of aryl methyl sites for hydroxylation is 1. The van der Waals surface area contributed by atoms with Crippen LogP contribution < -0.4 is 0 Å². The summed E-state index contributed by atoms with van der Waals surface area (Å²) in [7, 11) is -7.19. The van der Waals surface area contributed by atoms with Gasteiger partial charge in [-0.3, -0.25) is 0 Å². The molecule has 0 fully saturated rings. The van der Waals surface area contributed by atoms with Gasteiger partial charge in [0.25, 0.3) is 0 Å². The van der Waals surface area contributed by atoms with E-state index in [4.69, 9.17) is 5.11 Å². The maximum Gasteiger partial charge on any atom is 0.176 e. The molecule has 0 spiro atoms. The Morgan fingerprint density at radius 2 is 1.56 bits per heavy atom. The van der Waals surface area contributed by atoms with Crippen LogP contribution in [0.1, 0.15) is 12.0 Å². The van der Waals surface area contributed by atoms with Gasteiger partial charge in [-0.15, -0.1) is 0 Å². The molecule has 18 heavy (non-hydrogen) atoms. The van der Waals surface area contributed by atoms with Crippen LogP contribution in [0, 0.1) is 0 Å². The largest absolute Gasteiger partial charge is 0.396 e. The molecule has 0 aliphatic rings. The van der Waals surface area contributed by atoms with Crippen LogP contribution in [-0.2, 0) is 26.1 Å². The first-order valence-electron chi connectivity index (χ1n) is 5.30. The minimum atomic E-state index is -3.61. The molecular formula is C11H16O5S2. The van der Waals surface area contributed by atoms with Gasteiger partial charge < -0.3 is 5.11 Å². The van der Waals surface area contributed by atoms with E-state index in [1.807, 2.05) is 0 Å². The highest BCUT2D eigenvalue weighted by Crippen LogP contribution is 2.23. The Morgan fingerprint density at radius 1 is 1.00 bits per heavy atom. The first-order chi connectivity index (χ1) is 8.16. The third kappa shape index (κ3) is 3.79. The number of rotatable bonds is 5. The molecule has 7 heteroatoms. The lowest BCUT2D eigenvalue weighted by molar-refractivity contribution is 0.288. The monoisotopic (exact) mass is 292 g/mol. The number of aliphatic hydroxyl groups excluding tert-OH is 1. The van der Waals surface area contributed by atoms with Gasteiger partial charge in [0.1, 0.15) is 0 Å². The number of hydrogen-bond acceptors (Lipinski definition) is 5. The second-order valence-electron chi connectivity index (χ2n) is 4.15. The van der Waals surface area contributed by atoms with Crippen molar-refractivity contribution >= 4 is 19.7 Å². The molecule has 0 saturated heterocycles. The highest BCUT2D eigenvalue weighted by atomic mass is 32.2. The van der Waals surface area contributed by atoms with Gasteiger partial charge in [-0.1, -0.05) is 6.07 Å². The van der Waals surface area contributed by atoms with Crippen molar-refractivity contribution in [3.8, 4) is 0 Å². The molecule has 1 aromatic carbocycles. The van der Waals surface area contributed by atoms with Crippen LogP contribution in [0.2, 0.25) is 0 Å². The van der Waals surface area contributed by atoms with Crippen LogP contribution in [0.3, 0.4) is 0 Å². The van der Waals surface area contributed by atoms with Crippen molar-refractivity contribution in [1.82, 2.24) is 0 Å². The Labute approximate surface area is 107 Å². The van der Waals surface area contributed by atoms with E-state index in [0.717, 1.165) is 12.5 Å². The topological polar surface area (TPSA) is 88.5 Å². The minimum absolute atomic E-state index is 0.00202. The molecule has 0 aliphatic heterocycles. The fourth-order valence-corrected chi connectivity index (χ4v) is 4.03. The van der Waals surface area contributed by atoms with E-state index in [-0.39, 0.29) is 16.4 Å². The molecule has 0 aromatic heterocycles. The van der Waals surface area contributed by atoms with Gasteiger partial charge in [0, 0.05) is 19.1 Å². The first kappa shape index (κ1) is 15.1. The smallest absolute Gasteiger partial charge is 0.176 e. The summed E-state index contributed by atoms with van der Waals surface area (Å²) in [5, 5.41) is 8.73. The molecule has 102 valence electrons. The maximum atomic E-state index is 11.6. The Morgan fingerprint density at radius 3 is 2.00 bits per heavy atom. The summed E-state index contributed by atoms with van der Waals surface area (Å²) in [6.07, 6.45) is 2.96. The highest BCUT2D eigenvalue weighted by Gasteiger charge is 2.20. The van der Waals surface area contributed by atoms with Crippen LogP contribution >= 0.6 is 0 Å². The summed E-state index contributed by atoms with van der Waals surface area (Å²) < 4.78 is 46.3. The van der Waals surface area contributed by atoms with Crippen molar-refractivity contribution in [1.29, 1.82) is 0 Å². The van der Waals surface area contributed by atoms with E-state index in [0.29, 0.717) is 18.4 Å². The van der Waals surface area contributed by atoms with E-state index in [1.165, 1.54) is 12.1 Å². The van der Waals surface area contributed by atoms with Crippen LogP contribution in [0.5, 0.6) is 0 Å². The molecule has 1 N–H and O–H groups in total. The highest BCUT2D eigenvalue weighted by molar-refractivity contribution is 7.93. The van der Waals surface area contributed by atoms with E-state index in [1.54, 1.807) is 6.07 Å². The Balaban J connectivity index is 3.40. The van der Waals surface area contributed by atoms with Crippen LogP contribution in [0.4, 0.5) is 0 Å². The van der Waals surface area contributed by atoms with Crippen LogP contribution in [0.15, 0.2) is 28.0 Å². The summed E-state index contributed by atoms with van der Waals surface area (Å²) >= 11 is 0. The summed E-state index contributed by atoms with van der Waals surface area (Å²) in [5.74, 6) is 0. The molecule has 0 heterocycles. The molecule has 1 aromatic rings. The summed E-state index contributed by atoms with van der Waals surface area (Å²) in [5.41, 5.74) is 0.692. The zero-order valence-corrected chi connectivity index (χ0v) is 11.9. The van der Waals surface area contributed by atoms with Gasteiger partial charge in [0.05, 0.1) is 9.79 Å². The van der Waals surface area contributed by atoms with Crippen molar-refractivity contribution in [2.75, 3.05) is 19.1 Å². The van der Waals surface area contributed by atoms with Gasteiger partial charge >= 0.3 is 0 Å². The molecule has 0 atom stereocenters. The second kappa shape index (κ2) is 5.38. The molecule has 0 saturated carbocycles. The van der Waals surface area contributed by atoms with Crippen LogP contribution in [0.25, 0.3) is 0 Å². The van der Waals surface area contributed by atoms with Crippen molar-refractivity contribution in [2.24, 2.45) is 0 Å². The average molecular weight is 292 g/mol. The Hall–Kier alpha value is -0.920. The third-order valence-electron chi connectivity index (χ3n) is 2.43. The Bertz CT molecular complexity index is 629. The van der Waals surface area contributed by atoms with E-state index < -0.39 is 19.7 Å². The van der Waals surface area contributed by atoms with Crippen molar-refractivity contribution in [3.05, 3.63) is 23.8 Å². The second-order valence-corrected chi connectivity index (χ2v) is 8.12. The maximum absolute atomic E-state index is 11.6. The SMILES string of the molecule is CS(=O)(=O)c1ccc(CCCO)cc1S(C)(=O)=O. The molecule has 0 unspecified atom stereocenters. The van der Waals surface area contributed by atoms with Gasteiger partial charge in [0.15, 0.2) is 19.7 Å². The lowest BCUT2D eigenvalue weighted by atomic mass is 10.1. The summed E-state index contributed by atoms with van der Waals surface area (Å²) in [6, 6.07) is 4.24. The van der Waals surface area contributed by atoms with Gasteiger partial charge in [-0.25, -0.2) is 16.8 Å². The first-order valence-corrected chi connectivity index (χ1v) is 9.08. The quantitative estimate of drug-likeness (QED) is 0.849. The lowest BCUT2D eigenvalue weighted by Gasteiger charge is -2.08. The molecule has 0 radical (unpaired) electrons. The summed E-state index contributed by atoms with van der Waals surface area (Å²) in [4.78, 5) is -0.363. The van der Waals surface area contributed by atoms with E-state index in [2.05, 4.69) is 0 Å². The standard InChI is InChI=1S/C11H16O5S2/c1-17(13,14)10-6-5-9(4-3-7-12)8-11(10)18(2,15)16/h5-6,8,12H,3-4,7H2,1-2H3. The summed E-state index contributed by atoms with van der Waals surface area (Å²) in [6.45, 7) is 0.00202. The van der Waals surface area contributed by atoms with Gasteiger partial charge in [-0.2, -0.15) is 0 Å². The normalized spacial score (nSPS) is 12.6. The van der Waals surface area contributed by atoms with Gasteiger partial charge in [-0.05, 0) is 30.5 Å². The zero-order valence-electron chi connectivity index (χ0n) is 10.3. The third-order valence-corrected chi connectivity index (χ3v) is 4.85. The fraction of sp³-hybridized carbons (Fsp3) is 0.455. The van der Waals surface area contributed by atoms with E-state index in [9.17, 15) is 16.8 Å². The molecule has 0 bridgehead atoms. The fourth-order valence-electron chi connectivity index (χ4n) is 1.59. The molecule has 1 rings (SSSR count). The van der Waals surface area contributed by atoms with Gasteiger partial charge in [0.2, 0.25) is 0 Å². The zero-order chi connectivity index (χ0) is 14.0. The molecular weight excluding hydrogens is 276 g/mol. The van der Waals surface area contributed by atoms with Crippen molar-refractivity contribution in [3.63, 3.8) is 0 Å². The predicted octanol–water partition coefficient (Wildman–Crippen LogP) is 0.419. The van der Waals surface area contributed by atoms with Crippen LogP contribution in [-0.4, -0.2) is 41.1 Å².